The average Bonchev–Trinajstić information content (AvgIpc) is 2.70. The quantitative estimate of drug-likeness (QED) is 0.370. The number of nitrogens with one attached hydrogen (secondary N) is 2. The summed E-state index contributed by atoms with van der Waals surface area (Å²) in [5, 5.41) is 7.12. The molecule has 2 saturated heterocycles. The van der Waals surface area contributed by atoms with Crippen molar-refractivity contribution in [3.8, 4) is 0 Å². The highest BCUT2D eigenvalue weighted by Crippen LogP contribution is 2.13. The molecular formula is C21H36IN5. The van der Waals surface area contributed by atoms with Gasteiger partial charge < -0.3 is 15.5 Å². The van der Waals surface area contributed by atoms with Crippen LogP contribution in [0.15, 0.2) is 35.3 Å². The van der Waals surface area contributed by atoms with Gasteiger partial charge in [-0.1, -0.05) is 36.8 Å². The van der Waals surface area contributed by atoms with Gasteiger partial charge in [0.15, 0.2) is 5.96 Å². The van der Waals surface area contributed by atoms with E-state index in [9.17, 15) is 0 Å². The maximum Gasteiger partial charge on any atom is 0.191 e. The molecular weight excluding hydrogens is 449 g/mol. The van der Waals surface area contributed by atoms with E-state index >= 15 is 0 Å². The van der Waals surface area contributed by atoms with Crippen LogP contribution >= 0.6 is 24.0 Å². The minimum absolute atomic E-state index is 0. The third-order valence-electron chi connectivity index (χ3n) is 5.57. The number of benzene rings is 1. The lowest BCUT2D eigenvalue weighted by molar-refractivity contribution is 0.198. The van der Waals surface area contributed by atoms with E-state index in [2.05, 4.69) is 55.8 Å². The molecule has 0 aromatic heterocycles. The fraction of sp³-hybridized carbons (Fsp3) is 0.667. The van der Waals surface area contributed by atoms with E-state index in [1.165, 1.54) is 50.8 Å². The Morgan fingerprint density at radius 2 is 1.70 bits per heavy atom. The van der Waals surface area contributed by atoms with E-state index in [-0.39, 0.29) is 24.0 Å². The number of rotatable bonds is 6. The predicted molar refractivity (Wildman–Crippen MR) is 125 cm³/mol. The van der Waals surface area contributed by atoms with Crippen LogP contribution in [0.5, 0.6) is 0 Å². The number of aliphatic imine (C=N–C) groups is 1. The van der Waals surface area contributed by atoms with Crippen LogP contribution < -0.4 is 10.6 Å². The molecule has 2 N–H and O–H groups in total. The zero-order valence-electron chi connectivity index (χ0n) is 16.7. The van der Waals surface area contributed by atoms with E-state index < -0.39 is 0 Å². The zero-order chi connectivity index (χ0) is 18.0. The van der Waals surface area contributed by atoms with Crippen molar-refractivity contribution in [3.05, 3.63) is 35.9 Å². The predicted octanol–water partition coefficient (Wildman–Crippen LogP) is 2.92. The summed E-state index contributed by atoms with van der Waals surface area (Å²) in [7, 11) is 1.88. The van der Waals surface area contributed by atoms with Crippen LogP contribution in [0, 0.1) is 0 Å². The van der Waals surface area contributed by atoms with Gasteiger partial charge in [-0.25, -0.2) is 0 Å². The van der Waals surface area contributed by atoms with Gasteiger partial charge in [-0.05, 0) is 44.3 Å². The summed E-state index contributed by atoms with van der Waals surface area (Å²) in [5.74, 6) is 0.962. The van der Waals surface area contributed by atoms with Crippen LogP contribution in [-0.4, -0.2) is 68.1 Å². The Morgan fingerprint density at radius 3 is 2.37 bits per heavy atom. The molecule has 1 aromatic carbocycles. The van der Waals surface area contributed by atoms with Crippen LogP contribution in [0.3, 0.4) is 0 Å². The Hall–Kier alpha value is -0.860. The summed E-state index contributed by atoms with van der Waals surface area (Å²) in [6, 6.07) is 11.3. The lowest BCUT2D eigenvalue weighted by atomic mass is 10.0. The van der Waals surface area contributed by atoms with Gasteiger partial charge >= 0.3 is 0 Å². The van der Waals surface area contributed by atoms with E-state index in [0.29, 0.717) is 6.04 Å². The Bertz CT molecular complexity index is 537. The first-order chi connectivity index (χ1) is 12.8. The third-order valence-corrected chi connectivity index (χ3v) is 5.57. The Kier molecular flexibility index (Phi) is 10.4. The van der Waals surface area contributed by atoms with Crippen molar-refractivity contribution in [2.45, 2.75) is 44.7 Å². The highest BCUT2D eigenvalue weighted by molar-refractivity contribution is 14.0. The van der Waals surface area contributed by atoms with E-state index in [1.54, 1.807) is 0 Å². The van der Waals surface area contributed by atoms with Gasteiger partial charge in [0.2, 0.25) is 0 Å². The average molecular weight is 485 g/mol. The SMILES string of the molecule is CN=C(NCCN1CCCCC1)NC1CCN(Cc2ccccc2)CC1.I. The van der Waals surface area contributed by atoms with Crippen LogP contribution in [-0.2, 0) is 6.54 Å². The second kappa shape index (κ2) is 12.6. The van der Waals surface area contributed by atoms with Crippen LogP contribution in [0.1, 0.15) is 37.7 Å². The van der Waals surface area contributed by atoms with Crippen molar-refractivity contribution >= 4 is 29.9 Å². The lowest BCUT2D eigenvalue weighted by Crippen LogP contribution is -2.49. The first kappa shape index (κ1) is 22.4. The summed E-state index contributed by atoms with van der Waals surface area (Å²) in [6.45, 7) is 7.98. The van der Waals surface area contributed by atoms with E-state index in [4.69, 9.17) is 0 Å². The number of likely N-dealkylation sites (tertiary alicyclic amines) is 2. The number of halogens is 1. The monoisotopic (exact) mass is 485 g/mol. The van der Waals surface area contributed by atoms with Crippen LogP contribution in [0.2, 0.25) is 0 Å². The lowest BCUT2D eigenvalue weighted by Gasteiger charge is -2.33. The summed E-state index contributed by atoms with van der Waals surface area (Å²) >= 11 is 0. The molecule has 0 bridgehead atoms. The summed E-state index contributed by atoms with van der Waals surface area (Å²) in [6.07, 6.45) is 6.47. The molecule has 2 aliphatic rings. The molecule has 27 heavy (non-hydrogen) atoms. The summed E-state index contributed by atoms with van der Waals surface area (Å²) in [4.78, 5) is 9.53. The number of guanidine groups is 1. The van der Waals surface area contributed by atoms with Gasteiger partial charge in [-0.15, -0.1) is 24.0 Å². The van der Waals surface area contributed by atoms with Gasteiger partial charge in [0.25, 0.3) is 0 Å². The second-order valence-electron chi connectivity index (χ2n) is 7.58. The molecule has 3 rings (SSSR count). The third kappa shape index (κ3) is 7.95. The van der Waals surface area contributed by atoms with Gasteiger partial charge in [-0.3, -0.25) is 9.89 Å². The van der Waals surface area contributed by atoms with Crippen LogP contribution in [0.4, 0.5) is 0 Å². The molecule has 0 radical (unpaired) electrons. The van der Waals surface area contributed by atoms with E-state index in [1.807, 2.05) is 7.05 Å². The van der Waals surface area contributed by atoms with Crippen molar-refractivity contribution < 1.29 is 0 Å². The second-order valence-corrected chi connectivity index (χ2v) is 7.58. The maximum atomic E-state index is 4.41. The van der Waals surface area contributed by atoms with E-state index in [0.717, 1.165) is 38.7 Å². The topological polar surface area (TPSA) is 42.9 Å². The molecule has 0 atom stereocenters. The molecule has 2 fully saturated rings. The smallest absolute Gasteiger partial charge is 0.191 e. The first-order valence-corrected chi connectivity index (χ1v) is 10.3. The number of hydrogen-bond acceptors (Lipinski definition) is 3. The standard InChI is InChI=1S/C21H35N5.HI/c1-22-21(23-12-17-25-13-6-3-7-14-25)24-20-10-15-26(16-11-20)18-19-8-4-2-5-9-19;/h2,4-5,8-9,20H,3,6-7,10-18H2,1H3,(H2,22,23,24);1H. The fourth-order valence-electron chi connectivity index (χ4n) is 3.98. The Balaban J connectivity index is 0.00000261. The van der Waals surface area contributed by atoms with Crippen molar-refractivity contribution in [1.82, 2.24) is 20.4 Å². The maximum absolute atomic E-state index is 4.41. The van der Waals surface area contributed by atoms with Gasteiger partial charge in [-0.2, -0.15) is 0 Å². The number of hydrogen-bond donors (Lipinski definition) is 2. The minimum Gasteiger partial charge on any atom is -0.355 e. The van der Waals surface area contributed by atoms with Crippen molar-refractivity contribution in [2.24, 2.45) is 4.99 Å². The molecule has 2 aliphatic heterocycles. The zero-order valence-corrected chi connectivity index (χ0v) is 19.0. The fourth-order valence-corrected chi connectivity index (χ4v) is 3.98. The van der Waals surface area contributed by atoms with Crippen LogP contribution in [0.25, 0.3) is 0 Å². The molecule has 0 saturated carbocycles. The normalized spacial score (nSPS) is 20.1. The molecule has 2 heterocycles. The molecule has 0 amide bonds. The highest BCUT2D eigenvalue weighted by Gasteiger charge is 2.20. The molecule has 152 valence electrons. The summed E-state index contributed by atoms with van der Waals surface area (Å²) in [5.41, 5.74) is 1.41. The molecule has 0 spiro atoms. The molecule has 5 nitrogen and oxygen atoms in total. The molecule has 6 heteroatoms. The largest absolute Gasteiger partial charge is 0.355 e. The molecule has 1 aromatic rings. The Labute approximate surface area is 182 Å². The van der Waals surface area contributed by atoms with Gasteiger partial charge in [0.1, 0.15) is 0 Å². The minimum atomic E-state index is 0. The van der Waals surface area contributed by atoms with Gasteiger partial charge in [0.05, 0.1) is 0 Å². The molecule has 0 unspecified atom stereocenters. The van der Waals surface area contributed by atoms with Crippen molar-refractivity contribution in [1.29, 1.82) is 0 Å². The molecule has 0 aliphatic carbocycles. The summed E-state index contributed by atoms with van der Waals surface area (Å²) < 4.78 is 0. The Morgan fingerprint density at radius 1 is 1.00 bits per heavy atom. The number of nitrogens with zero attached hydrogens (tertiary/aromatic N) is 3. The number of piperidine rings is 2. The first-order valence-electron chi connectivity index (χ1n) is 10.3. The highest BCUT2D eigenvalue weighted by atomic mass is 127. The van der Waals surface area contributed by atoms with Gasteiger partial charge in [0, 0.05) is 45.8 Å². The van der Waals surface area contributed by atoms with Crippen molar-refractivity contribution in [3.63, 3.8) is 0 Å². The van der Waals surface area contributed by atoms with Crippen molar-refractivity contribution in [2.75, 3.05) is 46.3 Å².